The maximum absolute atomic E-state index is 13.1. The largest absolute Gasteiger partial charge is 0.507 e. The SMILES string of the molecule is Nc1c(C(=O)c2ccccc2O)oc2ccc(Cl)cc12.Nc1c(C(=O)c2ccccc2OCc2ccccc2)oc2ccc(Cl)cc12. The topological polar surface area (TPSA) is 142 Å². The van der Waals surface area contributed by atoms with Gasteiger partial charge in [-0.05, 0) is 66.2 Å². The lowest BCUT2D eigenvalue weighted by Gasteiger charge is -2.10. The summed E-state index contributed by atoms with van der Waals surface area (Å²) in [5.41, 5.74) is 15.1. The van der Waals surface area contributed by atoms with E-state index < -0.39 is 5.78 Å². The van der Waals surface area contributed by atoms with E-state index in [1.54, 1.807) is 66.7 Å². The molecule has 7 aromatic rings. The van der Waals surface area contributed by atoms with Crippen molar-refractivity contribution < 1.29 is 28.3 Å². The van der Waals surface area contributed by atoms with Gasteiger partial charge in [0.1, 0.15) is 29.3 Å². The van der Waals surface area contributed by atoms with E-state index in [-0.39, 0.29) is 40.0 Å². The van der Waals surface area contributed by atoms with Crippen LogP contribution in [0.2, 0.25) is 10.0 Å². The Balaban J connectivity index is 0.000000172. The van der Waals surface area contributed by atoms with Crippen molar-refractivity contribution in [1.29, 1.82) is 0 Å². The Labute approximate surface area is 278 Å². The zero-order valence-electron chi connectivity index (χ0n) is 24.6. The highest BCUT2D eigenvalue weighted by Crippen LogP contribution is 2.35. The number of ether oxygens (including phenoxy) is 1. The van der Waals surface area contributed by atoms with Crippen LogP contribution in [0.1, 0.15) is 37.8 Å². The van der Waals surface area contributed by atoms with Gasteiger partial charge in [-0.3, -0.25) is 9.59 Å². The predicted molar refractivity (Wildman–Crippen MR) is 183 cm³/mol. The second kappa shape index (κ2) is 13.3. The lowest BCUT2D eigenvalue weighted by atomic mass is 10.1. The van der Waals surface area contributed by atoms with E-state index in [4.69, 9.17) is 48.2 Å². The summed E-state index contributed by atoms with van der Waals surface area (Å²) in [7, 11) is 0. The van der Waals surface area contributed by atoms with Crippen LogP contribution in [0.4, 0.5) is 11.4 Å². The lowest BCUT2D eigenvalue weighted by molar-refractivity contribution is 0.100. The smallest absolute Gasteiger partial charge is 0.234 e. The molecule has 5 N–H and O–H groups in total. The summed E-state index contributed by atoms with van der Waals surface area (Å²) < 4.78 is 17.1. The van der Waals surface area contributed by atoms with Crippen LogP contribution in [-0.4, -0.2) is 16.7 Å². The highest BCUT2D eigenvalue weighted by atomic mass is 35.5. The molecule has 47 heavy (non-hydrogen) atoms. The number of hydrogen-bond acceptors (Lipinski definition) is 8. The molecule has 0 amide bonds. The molecule has 10 heteroatoms. The summed E-state index contributed by atoms with van der Waals surface area (Å²) in [6.45, 7) is 0.357. The number of halogens is 2. The minimum absolute atomic E-state index is 0.00349. The molecular formula is C37H26Cl2N2O6. The lowest BCUT2D eigenvalue weighted by Crippen LogP contribution is -2.06. The van der Waals surface area contributed by atoms with Gasteiger partial charge < -0.3 is 30.1 Å². The summed E-state index contributed by atoms with van der Waals surface area (Å²) in [5, 5.41) is 12.0. The van der Waals surface area contributed by atoms with Crippen LogP contribution in [0.3, 0.4) is 0 Å². The third-order valence-corrected chi connectivity index (χ3v) is 7.78. The van der Waals surface area contributed by atoms with Gasteiger partial charge in [-0.25, -0.2) is 0 Å². The Morgan fingerprint density at radius 1 is 0.638 bits per heavy atom. The molecule has 0 saturated carbocycles. The Morgan fingerprint density at radius 3 is 1.70 bits per heavy atom. The van der Waals surface area contributed by atoms with Gasteiger partial charge in [0, 0.05) is 20.8 Å². The van der Waals surface area contributed by atoms with E-state index in [1.165, 1.54) is 12.1 Å². The van der Waals surface area contributed by atoms with Gasteiger partial charge in [0.15, 0.2) is 11.5 Å². The van der Waals surface area contributed by atoms with Crippen LogP contribution in [0.25, 0.3) is 21.9 Å². The average molecular weight is 666 g/mol. The quantitative estimate of drug-likeness (QED) is 0.143. The second-order valence-corrected chi connectivity index (χ2v) is 11.3. The Kier molecular flexibility index (Phi) is 8.88. The van der Waals surface area contributed by atoms with E-state index in [1.807, 2.05) is 36.4 Å². The van der Waals surface area contributed by atoms with Gasteiger partial charge in [-0.2, -0.15) is 0 Å². The van der Waals surface area contributed by atoms with Crippen molar-refractivity contribution in [1.82, 2.24) is 0 Å². The Bertz CT molecular complexity index is 2260. The monoisotopic (exact) mass is 664 g/mol. The van der Waals surface area contributed by atoms with E-state index in [0.29, 0.717) is 49.9 Å². The van der Waals surface area contributed by atoms with E-state index >= 15 is 0 Å². The van der Waals surface area contributed by atoms with Gasteiger partial charge in [0.25, 0.3) is 0 Å². The first-order chi connectivity index (χ1) is 22.7. The van der Waals surface area contributed by atoms with Crippen LogP contribution in [0.5, 0.6) is 11.5 Å². The highest BCUT2D eigenvalue weighted by molar-refractivity contribution is 6.32. The number of carbonyl (C=O) groups excluding carboxylic acids is 2. The number of furan rings is 2. The molecule has 0 saturated heterocycles. The molecule has 0 bridgehead atoms. The molecule has 7 rings (SSSR count). The number of anilines is 2. The molecule has 5 aromatic carbocycles. The number of phenolic OH excluding ortho intramolecular Hbond substituents is 1. The van der Waals surface area contributed by atoms with Crippen molar-refractivity contribution in [3.63, 3.8) is 0 Å². The molecule has 0 aliphatic heterocycles. The molecule has 2 aromatic heterocycles. The third-order valence-electron chi connectivity index (χ3n) is 7.31. The first-order valence-corrected chi connectivity index (χ1v) is 15.0. The summed E-state index contributed by atoms with van der Waals surface area (Å²) in [6, 6.07) is 33.0. The molecule has 0 spiro atoms. The number of benzene rings is 5. The van der Waals surface area contributed by atoms with Crippen molar-refractivity contribution in [3.8, 4) is 11.5 Å². The highest BCUT2D eigenvalue weighted by Gasteiger charge is 2.24. The van der Waals surface area contributed by atoms with Crippen molar-refractivity contribution in [2.45, 2.75) is 6.61 Å². The molecule has 0 fully saturated rings. The van der Waals surface area contributed by atoms with Crippen molar-refractivity contribution in [3.05, 3.63) is 154 Å². The fourth-order valence-electron chi connectivity index (χ4n) is 4.94. The summed E-state index contributed by atoms with van der Waals surface area (Å²) >= 11 is 11.9. The molecule has 0 atom stereocenters. The number of nitrogens with two attached hydrogens (primary N) is 2. The zero-order valence-corrected chi connectivity index (χ0v) is 26.1. The second-order valence-electron chi connectivity index (χ2n) is 10.4. The van der Waals surface area contributed by atoms with E-state index in [0.717, 1.165) is 5.56 Å². The van der Waals surface area contributed by atoms with Gasteiger partial charge in [0.05, 0.1) is 22.5 Å². The fourth-order valence-corrected chi connectivity index (χ4v) is 5.29. The van der Waals surface area contributed by atoms with Crippen LogP contribution in [0, 0.1) is 0 Å². The van der Waals surface area contributed by atoms with Gasteiger partial charge in [0.2, 0.25) is 11.6 Å². The number of para-hydroxylation sites is 2. The van der Waals surface area contributed by atoms with Gasteiger partial charge >= 0.3 is 0 Å². The number of carbonyl (C=O) groups is 2. The minimum atomic E-state index is -0.465. The summed E-state index contributed by atoms with van der Waals surface area (Å²) in [6.07, 6.45) is 0. The molecule has 8 nitrogen and oxygen atoms in total. The van der Waals surface area contributed by atoms with E-state index in [2.05, 4.69) is 0 Å². The van der Waals surface area contributed by atoms with Crippen LogP contribution < -0.4 is 16.2 Å². The van der Waals surface area contributed by atoms with Crippen LogP contribution in [-0.2, 0) is 6.61 Å². The first-order valence-electron chi connectivity index (χ1n) is 14.3. The molecule has 234 valence electrons. The Morgan fingerprint density at radius 2 is 1.13 bits per heavy atom. The first kappa shape index (κ1) is 31.3. The molecule has 0 aliphatic carbocycles. The number of ketones is 2. The van der Waals surface area contributed by atoms with Crippen LogP contribution >= 0.6 is 23.2 Å². The maximum Gasteiger partial charge on any atom is 0.234 e. The molecule has 0 radical (unpaired) electrons. The van der Waals surface area contributed by atoms with Gasteiger partial charge in [-0.15, -0.1) is 0 Å². The molecule has 2 heterocycles. The Hall–Kier alpha value is -5.70. The van der Waals surface area contributed by atoms with Crippen molar-refractivity contribution in [2.75, 3.05) is 11.5 Å². The summed E-state index contributed by atoms with van der Waals surface area (Å²) in [5.74, 6) is -0.345. The number of aromatic hydroxyl groups is 1. The molecular weight excluding hydrogens is 639 g/mol. The summed E-state index contributed by atoms with van der Waals surface area (Å²) in [4.78, 5) is 25.4. The minimum Gasteiger partial charge on any atom is -0.507 e. The fraction of sp³-hybridized carbons (Fsp3) is 0.0270. The van der Waals surface area contributed by atoms with Gasteiger partial charge in [-0.1, -0.05) is 77.8 Å². The number of nitrogen functional groups attached to an aromatic ring is 2. The molecule has 0 unspecified atom stereocenters. The number of phenols is 1. The maximum atomic E-state index is 13.1. The zero-order chi connectivity index (χ0) is 33.1. The normalized spacial score (nSPS) is 10.9. The number of hydrogen-bond donors (Lipinski definition) is 3. The standard InChI is InChI=1S/C22H16ClNO3.C15H10ClNO3/c23-15-10-11-19-17(12-15)20(24)22(27-19)21(25)16-8-4-5-9-18(16)26-13-14-6-2-1-3-7-14;16-8-5-6-12-10(7-8)13(17)15(20-12)14(19)9-3-1-2-4-11(9)18/h1-12H,13,24H2;1-7,18H,17H2. The predicted octanol–water partition coefficient (Wildman–Crippen LogP) is 9.08. The average Bonchev–Trinajstić information content (AvgIpc) is 3.59. The third kappa shape index (κ3) is 6.51. The number of rotatable bonds is 7. The van der Waals surface area contributed by atoms with Crippen molar-refractivity contribution in [2.24, 2.45) is 0 Å². The van der Waals surface area contributed by atoms with E-state index in [9.17, 15) is 14.7 Å². The van der Waals surface area contributed by atoms with Crippen molar-refractivity contribution >= 4 is 68.1 Å². The number of fused-ring (bicyclic) bond motifs is 2. The van der Waals surface area contributed by atoms with Crippen LogP contribution in [0.15, 0.2) is 124 Å². The molecule has 0 aliphatic rings.